The second-order valence-corrected chi connectivity index (χ2v) is 4.66. The number of nitrogens with zero attached hydrogens (tertiary/aromatic N) is 1. The van der Waals surface area contributed by atoms with E-state index >= 15 is 0 Å². The highest BCUT2D eigenvalue weighted by atomic mass is 16.5. The van der Waals surface area contributed by atoms with E-state index in [-0.39, 0.29) is 6.92 Å². The van der Waals surface area contributed by atoms with Crippen LogP contribution in [-0.2, 0) is 11.3 Å². The molecule has 0 bridgehead atoms. The summed E-state index contributed by atoms with van der Waals surface area (Å²) in [5.41, 5.74) is 4.68. The molecule has 3 nitrogen and oxygen atoms in total. The van der Waals surface area contributed by atoms with Gasteiger partial charge in [-0.15, -0.1) is 5.26 Å². The van der Waals surface area contributed by atoms with Gasteiger partial charge in [-0.1, -0.05) is 35.9 Å². The Kier molecular flexibility index (Phi) is 2.98. The number of hydrogen-bond donors (Lipinski definition) is 0. The topological polar surface area (TPSA) is 42.2 Å². The molecule has 0 N–H and O–H groups in total. The van der Waals surface area contributed by atoms with Crippen LogP contribution in [0.1, 0.15) is 11.1 Å². The van der Waals surface area contributed by atoms with Crippen LogP contribution in [0.25, 0.3) is 0 Å². The van der Waals surface area contributed by atoms with Gasteiger partial charge >= 0.3 is 6.92 Å². The van der Waals surface area contributed by atoms with E-state index in [1.807, 2.05) is 18.2 Å². The largest absolute Gasteiger partial charge is 0.423 e. The van der Waals surface area contributed by atoms with Gasteiger partial charge in [0.05, 0.1) is 6.61 Å². The van der Waals surface area contributed by atoms with E-state index in [9.17, 15) is 0 Å². The Hall–Kier alpha value is -2.25. The van der Waals surface area contributed by atoms with Gasteiger partial charge in [0.1, 0.15) is 5.75 Å². The summed E-state index contributed by atoms with van der Waals surface area (Å²) in [5.74, 6) is 0.546. The zero-order chi connectivity index (χ0) is 13.2. The lowest BCUT2D eigenvalue weighted by atomic mass is 9.56. The molecule has 0 atom stereocenters. The van der Waals surface area contributed by atoms with Crippen molar-refractivity contribution in [3.63, 3.8) is 0 Å². The molecule has 2 aromatic carbocycles. The summed E-state index contributed by atoms with van der Waals surface area (Å²) in [6.45, 7) is 2.64. The fourth-order valence-electron chi connectivity index (χ4n) is 2.45. The molecule has 0 saturated carbocycles. The van der Waals surface area contributed by atoms with Crippen LogP contribution in [0.5, 0.6) is 5.75 Å². The van der Waals surface area contributed by atoms with Gasteiger partial charge in [-0.2, -0.15) is 0 Å². The minimum atomic E-state index is -0.0714. The number of fused-ring (bicyclic) bond motifs is 1. The Labute approximate surface area is 112 Å². The summed E-state index contributed by atoms with van der Waals surface area (Å²) in [4.78, 5) is 0. The molecular weight excluding hydrogens is 237 g/mol. The van der Waals surface area contributed by atoms with E-state index in [1.165, 1.54) is 16.6 Å². The highest BCUT2D eigenvalue weighted by molar-refractivity contribution is 6.81. The number of rotatable bonds is 2. The number of aryl methyl sites for hydroxylation is 1. The van der Waals surface area contributed by atoms with Gasteiger partial charge in [0.25, 0.3) is 6.26 Å². The first-order valence-electron chi connectivity index (χ1n) is 6.15. The summed E-state index contributed by atoms with van der Waals surface area (Å²) in [5, 5.41) is 8.56. The average Bonchev–Trinajstić information content (AvgIpc) is 2.82. The second-order valence-electron chi connectivity index (χ2n) is 4.66. The number of nitriles is 1. The molecule has 0 spiro atoms. The lowest BCUT2D eigenvalue weighted by molar-refractivity contribution is 0.337. The summed E-state index contributed by atoms with van der Waals surface area (Å²) in [6.07, 6.45) is 1.69. The molecule has 0 radical (unpaired) electrons. The molecule has 0 aliphatic carbocycles. The van der Waals surface area contributed by atoms with Gasteiger partial charge in [-0.3, -0.25) is 0 Å². The minimum absolute atomic E-state index is 0.0714. The maximum absolute atomic E-state index is 8.56. The van der Waals surface area contributed by atoms with Gasteiger partial charge in [0, 0.05) is 0 Å². The van der Waals surface area contributed by atoms with Crippen molar-refractivity contribution < 1.29 is 9.39 Å². The first kappa shape index (κ1) is 11.8. The molecule has 0 aromatic heterocycles. The van der Waals surface area contributed by atoms with E-state index in [2.05, 4.69) is 25.1 Å². The Morgan fingerprint density at radius 2 is 2.16 bits per heavy atom. The van der Waals surface area contributed by atoms with Crippen LogP contribution in [-0.4, -0.2) is 6.92 Å². The van der Waals surface area contributed by atoms with Crippen molar-refractivity contribution in [3.8, 4) is 12.0 Å². The van der Waals surface area contributed by atoms with Gasteiger partial charge in [0.2, 0.25) is 0 Å². The number of ether oxygens (including phenoxy) is 1. The minimum Gasteiger partial charge on any atom is -0.423 e. The van der Waals surface area contributed by atoms with Crippen molar-refractivity contribution in [2.75, 3.05) is 0 Å². The van der Waals surface area contributed by atoms with Crippen LogP contribution in [0.4, 0.5) is 0 Å². The van der Waals surface area contributed by atoms with Crippen LogP contribution in [0.3, 0.4) is 0 Å². The maximum atomic E-state index is 8.56. The van der Waals surface area contributed by atoms with Crippen LogP contribution in [0.2, 0.25) is 0 Å². The van der Waals surface area contributed by atoms with Crippen molar-refractivity contribution in [1.29, 1.82) is 5.26 Å². The predicted octanol–water partition coefficient (Wildman–Crippen LogP) is 1.49. The standard InChI is InChI=1S/C15H12BNO2/c1-11-5-6-15-12(7-11)9-19-16(15)13-3-2-4-14(8-13)18-10-17/h2-8H,9H2,1H3. The van der Waals surface area contributed by atoms with E-state index in [1.54, 1.807) is 12.3 Å². The van der Waals surface area contributed by atoms with Crippen LogP contribution in [0, 0.1) is 18.4 Å². The zero-order valence-corrected chi connectivity index (χ0v) is 10.6. The molecule has 92 valence electrons. The van der Waals surface area contributed by atoms with Gasteiger partial charge in [-0.25, -0.2) is 0 Å². The molecule has 1 aliphatic rings. The van der Waals surface area contributed by atoms with Crippen LogP contribution < -0.4 is 15.7 Å². The Morgan fingerprint density at radius 3 is 3.00 bits per heavy atom. The second kappa shape index (κ2) is 4.79. The van der Waals surface area contributed by atoms with Crippen molar-refractivity contribution in [2.24, 2.45) is 0 Å². The van der Waals surface area contributed by atoms with Crippen molar-refractivity contribution in [1.82, 2.24) is 0 Å². The molecule has 3 rings (SSSR count). The van der Waals surface area contributed by atoms with Crippen LogP contribution >= 0.6 is 0 Å². The van der Waals surface area contributed by atoms with Crippen molar-refractivity contribution >= 4 is 17.8 Å². The van der Waals surface area contributed by atoms with E-state index in [0.717, 1.165) is 5.46 Å². The molecule has 0 saturated heterocycles. The zero-order valence-electron chi connectivity index (χ0n) is 10.6. The Morgan fingerprint density at radius 1 is 1.26 bits per heavy atom. The molecule has 4 heteroatoms. The van der Waals surface area contributed by atoms with E-state index in [4.69, 9.17) is 14.7 Å². The number of benzene rings is 2. The summed E-state index contributed by atoms with van der Waals surface area (Å²) in [7, 11) is 0. The fourth-order valence-corrected chi connectivity index (χ4v) is 2.45. The highest BCUT2D eigenvalue weighted by Crippen LogP contribution is 2.14. The van der Waals surface area contributed by atoms with Gasteiger partial charge in [-0.05, 0) is 35.5 Å². The highest BCUT2D eigenvalue weighted by Gasteiger charge is 2.30. The van der Waals surface area contributed by atoms with Crippen molar-refractivity contribution in [2.45, 2.75) is 13.5 Å². The molecule has 0 unspecified atom stereocenters. The Balaban J connectivity index is 1.97. The van der Waals surface area contributed by atoms with Gasteiger partial charge < -0.3 is 9.39 Å². The molecule has 19 heavy (non-hydrogen) atoms. The molecule has 1 aliphatic heterocycles. The molecule has 2 aromatic rings. The average molecular weight is 249 g/mol. The maximum Gasteiger partial charge on any atom is 0.362 e. The number of hydrogen-bond acceptors (Lipinski definition) is 3. The van der Waals surface area contributed by atoms with E-state index < -0.39 is 0 Å². The summed E-state index contributed by atoms with van der Waals surface area (Å²) in [6, 6.07) is 13.8. The first-order valence-corrected chi connectivity index (χ1v) is 6.15. The monoisotopic (exact) mass is 249 g/mol. The SMILES string of the molecule is Cc1ccc2c(c1)COB2c1cccc(OC#N)c1. The summed E-state index contributed by atoms with van der Waals surface area (Å²) >= 11 is 0. The fraction of sp³-hybridized carbons (Fsp3) is 0.133. The summed E-state index contributed by atoms with van der Waals surface area (Å²) < 4.78 is 10.7. The van der Waals surface area contributed by atoms with Crippen LogP contribution in [0.15, 0.2) is 42.5 Å². The van der Waals surface area contributed by atoms with Crippen molar-refractivity contribution in [3.05, 3.63) is 53.6 Å². The molecular formula is C15H12BNO2. The third-order valence-corrected chi connectivity index (χ3v) is 3.31. The first-order chi connectivity index (χ1) is 9.28. The third-order valence-electron chi connectivity index (χ3n) is 3.31. The van der Waals surface area contributed by atoms with E-state index in [0.29, 0.717) is 12.4 Å². The quantitative estimate of drug-likeness (QED) is 0.598. The normalized spacial score (nSPS) is 12.9. The molecule has 1 heterocycles. The lowest BCUT2D eigenvalue weighted by Crippen LogP contribution is -2.41. The third kappa shape index (κ3) is 2.21. The predicted molar refractivity (Wildman–Crippen MR) is 73.7 cm³/mol. The smallest absolute Gasteiger partial charge is 0.362 e. The Bertz CT molecular complexity index is 663. The molecule has 0 fully saturated rings. The lowest BCUT2D eigenvalue weighted by Gasteiger charge is -2.08. The van der Waals surface area contributed by atoms with Gasteiger partial charge in [0.15, 0.2) is 0 Å². The molecule has 0 amide bonds.